The minimum atomic E-state index is 0.464. The van der Waals surface area contributed by atoms with Crippen LogP contribution in [-0.2, 0) is 6.42 Å². The summed E-state index contributed by atoms with van der Waals surface area (Å²) < 4.78 is 5.31. The van der Waals surface area contributed by atoms with Gasteiger partial charge in [0.05, 0.1) is 0 Å². The van der Waals surface area contributed by atoms with Crippen LogP contribution in [0, 0.1) is 12.8 Å². The Labute approximate surface area is 72.6 Å². The largest absolute Gasteiger partial charge is 0.458 e. The number of rotatable bonds is 3. The van der Waals surface area contributed by atoms with E-state index < -0.39 is 0 Å². The first kappa shape index (κ1) is 9.04. The highest BCUT2D eigenvalue weighted by atomic mass is 16.3. The molecule has 0 aliphatic heterocycles. The van der Waals surface area contributed by atoms with Gasteiger partial charge in [0.25, 0.3) is 0 Å². The molecule has 0 aliphatic rings. The second kappa shape index (κ2) is 3.57. The van der Waals surface area contributed by atoms with E-state index in [0.717, 1.165) is 24.0 Å². The molecule has 0 saturated heterocycles. The Kier molecular flexibility index (Phi) is 2.69. The van der Waals surface area contributed by atoms with Gasteiger partial charge in [-0.25, -0.2) is 0 Å². The van der Waals surface area contributed by atoms with Gasteiger partial charge in [0, 0.05) is 6.42 Å². The smallest absolute Gasteiger partial charge is 0.185 e. The van der Waals surface area contributed by atoms with Gasteiger partial charge in [-0.05, 0) is 24.5 Å². The highest BCUT2D eigenvalue weighted by Gasteiger charge is 2.07. The lowest BCUT2D eigenvalue weighted by Crippen LogP contribution is -1.90. The highest BCUT2D eigenvalue weighted by Crippen LogP contribution is 2.15. The van der Waals surface area contributed by atoms with E-state index in [2.05, 4.69) is 13.8 Å². The molecule has 0 radical (unpaired) electrons. The fourth-order valence-corrected chi connectivity index (χ4v) is 1.18. The predicted molar refractivity (Wildman–Crippen MR) is 47.4 cm³/mol. The molecule has 1 rings (SSSR count). The first-order valence-electron chi connectivity index (χ1n) is 4.18. The topological polar surface area (TPSA) is 30.2 Å². The predicted octanol–water partition coefficient (Wildman–Crippen LogP) is 2.60. The molecule has 2 heteroatoms. The normalized spacial score (nSPS) is 10.7. The molecule has 1 heterocycles. The van der Waals surface area contributed by atoms with E-state index in [-0.39, 0.29) is 0 Å². The van der Waals surface area contributed by atoms with Gasteiger partial charge in [-0.2, -0.15) is 0 Å². The molecule has 1 aromatic heterocycles. The van der Waals surface area contributed by atoms with Crippen LogP contribution < -0.4 is 0 Å². The van der Waals surface area contributed by atoms with Gasteiger partial charge >= 0.3 is 0 Å². The van der Waals surface area contributed by atoms with Gasteiger partial charge in [-0.15, -0.1) is 0 Å². The SMILES string of the molecule is Cc1cc(CC(C)C)oc1C=O. The molecule has 66 valence electrons. The summed E-state index contributed by atoms with van der Waals surface area (Å²) in [6.07, 6.45) is 1.66. The van der Waals surface area contributed by atoms with Crippen molar-refractivity contribution in [3.05, 3.63) is 23.2 Å². The van der Waals surface area contributed by atoms with Crippen LogP contribution in [0.2, 0.25) is 0 Å². The van der Waals surface area contributed by atoms with E-state index in [1.54, 1.807) is 0 Å². The fraction of sp³-hybridized carbons (Fsp3) is 0.500. The monoisotopic (exact) mass is 166 g/mol. The zero-order valence-corrected chi connectivity index (χ0v) is 7.76. The van der Waals surface area contributed by atoms with Crippen LogP contribution in [0.15, 0.2) is 10.5 Å². The Hall–Kier alpha value is -1.05. The highest BCUT2D eigenvalue weighted by molar-refractivity contribution is 5.72. The number of hydrogen-bond donors (Lipinski definition) is 0. The van der Waals surface area contributed by atoms with Crippen LogP contribution in [0.1, 0.15) is 35.7 Å². The summed E-state index contributed by atoms with van der Waals surface area (Å²) in [5.74, 6) is 1.94. The van der Waals surface area contributed by atoms with E-state index in [0.29, 0.717) is 11.7 Å². The third kappa shape index (κ3) is 1.97. The molecule has 0 unspecified atom stereocenters. The summed E-state index contributed by atoms with van der Waals surface area (Å²) in [7, 11) is 0. The molecular formula is C10H14O2. The molecular weight excluding hydrogens is 152 g/mol. The van der Waals surface area contributed by atoms with Crippen molar-refractivity contribution in [2.45, 2.75) is 27.2 Å². The van der Waals surface area contributed by atoms with Gasteiger partial charge in [0.2, 0.25) is 0 Å². The van der Waals surface area contributed by atoms with Crippen LogP contribution >= 0.6 is 0 Å². The van der Waals surface area contributed by atoms with Crippen LogP contribution in [0.3, 0.4) is 0 Å². The second-order valence-corrected chi connectivity index (χ2v) is 3.48. The Morgan fingerprint density at radius 2 is 2.25 bits per heavy atom. The average Bonchev–Trinajstić information content (AvgIpc) is 2.29. The number of hydrogen-bond acceptors (Lipinski definition) is 2. The summed E-state index contributed by atoms with van der Waals surface area (Å²) in [4.78, 5) is 10.4. The summed E-state index contributed by atoms with van der Waals surface area (Å²) >= 11 is 0. The molecule has 0 spiro atoms. The van der Waals surface area contributed by atoms with Crippen molar-refractivity contribution < 1.29 is 9.21 Å². The Morgan fingerprint density at radius 1 is 1.58 bits per heavy atom. The van der Waals surface area contributed by atoms with Gasteiger partial charge in [-0.3, -0.25) is 4.79 Å². The van der Waals surface area contributed by atoms with E-state index in [9.17, 15) is 4.79 Å². The zero-order chi connectivity index (χ0) is 9.14. The van der Waals surface area contributed by atoms with Crippen LogP contribution in [-0.4, -0.2) is 6.29 Å². The Balaban J connectivity index is 2.82. The number of carbonyl (C=O) groups is 1. The summed E-state index contributed by atoms with van der Waals surface area (Å²) in [6.45, 7) is 6.13. The Morgan fingerprint density at radius 3 is 2.67 bits per heavy atom. The van der Waals surface area contributed by atoms with Crippen molar-refractivity contribution in [2.75, 3.05) is 0 Å². The van der Waals surface area contributed by atoms with Crippen molar-refractivity contribution in [3.63, 3.8) is 0 Å². The Bertz CT molecular complexity index is 271. The maximum atomic E-state index is 10.4. The first-order chi connectivity index (χ1) is 5.63. The van der Waals surface area contributed by atoms with Gasteiger partial charge in [0.1, 0.15) is 5.76 Å². The molecule has 0 fully saturated rings. The lowest BCUT2D eigenvalue weighted by Gasteiger charge is -1.98. The molecule has 0 N–H and O–H groups in total. The van der Waals surface area contributed by atoms with Crippen molar-refractivity contribution in [1.82, 2.24) is 0 Å². The van der Waals surface area contributed by atoms with Gasteiger partial charge in [0.15, 0.2) is 12.0 Å². The minimum Gasteiger partial charge on any atom is -0.458 e. The molecule has 12 heavy (non-hydrogen) atoms. The van der Waals surface area contributed by atoms with Crippen molar-refractivity contribution >= 4 is 6.29 Å². The number of furan rings is 1. The lowest BCUT2D eigenvalue weighted by atomic mass is 10.1. The molecule has 0 aliphatic carbocycles. The molecule has 0 atom stereocenters. The number of aryl methyl sites for hydroxylation is 1. The van der Waals surface area contributed by atoms with Crippen molar-refractivity contribution in [1.29, 1.82) is 0 Å². The fourth-order valence-electron chi connectivity index (χ4n) is 1.18. The standard InChI is InChI=1S/C10H14O2/c1-7(2)4-9-5-8(3)10(6-11)12-9/h5-7H,4H2,1-3H3. The molecule has 0 saturated carbocycles. The summed E-state index contributed by atoms with van der Waals surface area (Å²) in [5.41, 5.74) is 0.931. The average molecular weight is 166 g/mol. The minimum absolute atomic E-state index is 0.464. The summed E-state index contributed by atoms with van der Waals surface area (Å²) in [6, 6.07) is 1.93. The van der Waals surface area contributed by atoms with Crippen molar-refractivity contribution in [2.24, 2.45) is 5.92 Å². The van der Waals surface area contributed by atoms with E-state index in [1.165, 1.54) is 0 Å². The third-order valence-corrected chi connectivity index (χ3v) is 1.72. The first-order valence-corrected chi connectivity index (χ1v) is 4.18. The zero-order valence-electron chi connectivity index (χ0n) is 7.76. The van der Waals surface area contributed by atoms with Crippen LogP contribution in [0.25, 0.3) is 0 Å². The van der Waals surface area contributed by atoms with Gasteiger partial charge < -0.3 is 4.42 Å². The number of aldehydes is 1. The maximum Gasteiger partial charge on any atom is 0.185 e. The number of carbonyl (C=O) groups excluding carboxylic acids is 1. The molecule has 1 aromatic rings. The van der Waals surface area contributed by atoms with Crippen LogP contribution in [0.4, 0.5) is 0 Å². The quantitative estimate of drug-likeness (QED) is 0.646. The van der Waals surface area contributed by atoms with E-state index in [4.69, 9.17) is 4.42 Å². The third-order valence-electron chi connectivity index (χ3n) is 1.72. The lowest BCUT2D eigenvalue weighted by molar-refractivity contribution is 0.109. The van der Waals surface area contributed by atoms with Crippen LogP contribution in [0.5, 0.6) is 0 Å². The van der Waals surface area contributed by atoms with Crippen molar-refractivity contribution in [3.8, 4) is 0 Å². The van der Waals surface area contributed by atoms with E-state index >= 15 is 0 Å². The molecule has 0 aromatic carbocycles. The maximum absolute atomic E-state index is 10.4. The molecule has 2 nitrogen and oxygen atoms in total. The molecule has 0 amide bonds. The van der Waals surface area contributed by atoms with Gasteiger partial charge in [-0.1, -0.05) is 13.8 Å². The van der Waals surface area contributed by atoms with E-state index in [1.807, 2.05) is 13.0 Å². The summed E-state index contributed by atoms with van der Waals surface area (Å²) in [5, 5.41) is 0. The second-order valence-electron chi connectivity index (χ2n) is 3.48. The molecule has 0 bridgehead atoms.